The Morgan fingerprint density at radius 1 is 0.571 bits per heavy atom. The van der Waals surface area contributed by atoms with Crippen molar-refractivity contribution in [3.05, 3.63) is 72.9 Å². The minimum Gasteiger partial charge on any atom is -0.462 e. The van der Waals surface area contributed by atoms with E-state index >= 15 is 0 Å². The molecule has 0 amide bonds. The average molecular weight is 806 g/mol. The monoisotopic (exact) mass is 806 g/mol. The standard InChI is InChI=1S/C45H76NO9P/c1-4-6-8-10-12-14-16-18-19-20-21-22-23-25-27-29-31-33-35-37-45(49)55-42(39-53-56(50,51)54-40-43(46)41(3)47)38-52-44(48)36-34-32-30-28-26-24-17-15-13-11-9-7-5-2/h6,8,12,14,18-19,21-22,25,27,31,33,42-43H,4-5,7,9-11,13,15-17,20,23-24,26,28-30,32,34-40,46H2,1-3H3,(H,50,51). The molecule has 3 unspecified atom stereocenters. The average Bonchev–Trinajstić information content (AvgIpc) is 3.17. The molecule has 0 spiro atoms. The van der Waals surface area contributed by atoms with Gasteiger partial charge in [-0.3, -0.25) is 23.4 Å². The maximum atomic E-state index is 12.6. The zero-order valence-corrected chi connectivity index (χ0v) is 35.9. The van der Waals surface area contributed by atoms with Gasteiger partial charge in [0.05, 0.1) is 19.3 Å². The van der Waals surface area contributed by atoms with E-state index in [4.69, 9.17) is 24.3 Å². The lowest BCUT2D eigenvalue weighted by atomic mass is 10.0. The van der Waals surface area contributed by atoms with E-state index in [1.54, 1.807) is 0 Å². The van der Waals surface area contributed by atoms with E-state index in [1.807, 2.05) is 12.2 Å². The zero-order valence-electron chi connectivity index (χ0n) is 35.0. The predicted molar refractivity (Wildman–Crippen MR) is 229 cm³/mol. The summed E-state index contributed by atoms with van der Waals surface area (Å²) >= 11 is 0. The van der Waals surface area contributed by atoms with Crippen molar-refractivity contribution in [2.24, 2.45) is 5.73 Å². The quantitative estimate of drug-likeness (QED) is 0.0267. The molecule has 0 aromatic rings. The molecule has 0 rings (SSSR count). The Kier molecular flexibility index (Phi) is 37.0. The molecule has 0 aromatic heterocycles. The topological polar surface area (TPSA) is 151 Å². The summed E-state index contributed by atoms with van der Waals surface area (Å²) in [5.41, 5.74) is 5.57. The van der Waals surface area contributed by atoms with E-state index in [0.717, 1.165) is 57.8 Å². The van der Waals surface area contributed by atoms with Crippen molar-refractivity contribution in [3.8, 4) is 0 Å². The number of hydrogen-bond acceptors (Lipinski definition) is 9. The number of esters is 2. The minimum atomic E-state index is -4.62. The first-order valence-corrected chi connectivity index (χ1v) is 22.7. The van der Waals surface area contributed by atoms with Gasteiger partial charge < -0.3 is 20.1 Å². The van der Waals surface area contributed by atoms with Gasteiger partial charge in [0.25, 0.3) is 0 Å². The van der Waals surface area contributed by atoms with Crippen molar-refractivity contribution in [2.45, 2.75) is 174 Å². The van der Waals surface area contributed by atoms with Gasteiger partial charge in [-0.2, -0.15) is 0 Å². The van der Waals surface area contributed by atoms with Crippen LogP contribution in [-0.2, 0) is 37.5 Å². The normalized spacial score (nSPS) is 14.5. The molecule has 0 saturated heterocycles. The van der Waals surface area contributed by atoms with E-state index < -0.39 is 50.9 Å². The molecular formula is C45H76NO9P. The maximum Gasteiger partial charge on any atom is 0.472 e. The van der Waals surface area contributed by atoms with Gasteiger partial charge in [-0.05, 0) is 58.3 Å². The number of ether oxygens (including phenoxy) is 2. The number of carbonyl (C=O) groups is 3. The van der Waals surface area contributed by atoms with Crippen molar-refractivity contribution < 1.29 is 42.4 Å². The Bertz CT molecular complexity index is 1220. The molecular weight excluding hydrogens is 729 g/mol. The molecule has 0 radical (unpaired) electrons. The van der Waals surface area contributed by atoms with E-state index in [9.17, 15) is 23.8 Å². The molecule has 56 heavy (non-hydrogen) atoms. The molecule has 0 aliphatic rings. The molecule has 3 atom stereocenters. The summed E-state index contributed by atoms with van der Waals surface area (Å²) in [5.74, 6) is -1.43. The van der Waals surface area contributed by atoms with Crippen LogP contribution in [0.25, 0.3) is 0 Å². The first-order valence-electron chi connectivity index (χ1n) is 21.2. The highest BCUT2D eigenvalue weighted by Gasteiger charge is 2.27. The van der Waals surface area contributed by atoms with Crippen LogP contribution in [0.4, 0.5) is 0 Å². The van der Waals surface area contributed by atoms with Crippen LogP contribution in [0.15, 0.2) is 72.9 Å². The van der Waals surface area contributed by atoms with Crippen molar-refractivity contribution in [3.63, 3.8) is 0 Å². The second-order valence-electron chi connectivity index (χ2n) is 14.0. The Hall–Kier alpha value is -2.88. The van der Waals surface area contributed by atoms with Crippen molar-refractivity contribution in [1.29, 1.82) is 0 Å². The number of allylic oxidation sites excluding steroid dienone is 12. The zero-order chi connectivity index (χ0) is 41.4. The number of carbonyl (C=O) groups excluding carboxylic acids is 3. The summed E-state index contributed by atoms with van der Waals surface area (Å²) < 4.78 is 32.9. The highest BCUT2D eigenvalue weighted by molar-refractivity contribution is 7.47. The van der Waals surface area contributed by atoms with E-state index in [2.05, 4.69) is 74.6 Å². The summed E-state index contributed by atoms with van der Waals surface area (Å²) in [6.45, 7) is 4.19. The highest BCUT2D eigenvalue weighted by atomic mass is 31.2. The fourth-order valence-corrected chi connectivity index (χ4v) is 6.03. The molecule has 10 nitrogen and oxygen atoms in total. The molecule has 11 heteroatoms. The number of ketones is 1. The molecule has 0 bridgehead atoms. The lowest BCUT2D eigenvalue weighted by Crippen LogP contribution is -2.33. The number of nitrogens with two attached hydrogens (primary N) is 1. The van der Waals surface area contributed by atoms with Crippen LogP contribution in [0.1, 0.15) is 162 Å². The fraction of sp³-hybridized carbons (Fsp3) is 0.667. The molecule has 0 fully saturated rings. The molecule has 0 aliphatic heterocycles. The number of rotatable bonds is 38. The van der Waals surface area contributed by atoms with Crippen molar-refractivity contribution in [2.75, 3.05) is 19.8 Å². The largest absolute Gasteiger partial charge is 0.472 e. The third kappa shape index (κ3) is 38.0. The third-order valence-electron chi connectivity index (χ3n) is 8.69. The first kappa shape index (κ1) is 53.1. The number of Topliss-reactive ketones (excluding diaryl/α,β-unsaturated/α-hetero) is 1. The summed E-state index contributed by atoms with van der Waals surface area (Å²) in [6.07, 6.45) is 46.0. The van der Waals surface area contributed by atoms with Crippen LogP contribution in [0.5, 0.6) is 0 Å². The summed E-state index contributed by atoms with van der Waals surface area (Å²) in [6, 6.07) is -1.09. The van der Waals surface area contributed by atoms with Gasteiger partial charge in [-0.15, -0.1) is 0 Å². The lowest BCUT2D eigenvalue weighted by molar-refractivity contribution is -0.161. The van der Waals surface area contributed by atoms with E-state index in [1.165, 1.54) is 64.7 Å². The molecule has 0 aliphatic carbocycles. The highest BCUT2D eigenvalue weighted by Crippen LogP contribution is 2.43. The summed E-state index contributed by atoms with van der Waals surface area (Å²) in [4.78, 5) is 46.4. The predicted octanol–water partition coefficient (Wildman–Crippen LogP) is 11.5. The Morgan fingerprint density at radius 2 is 1.00 bits per heavy atom. The molecule has 0 heterocycles. The van der Waals surface area contributed by atoms with Gasteiger partial charge >= 0.3 is 19.8 Å². The SMILES string of the molecule is CCC=CCC=CCC=CCC=CCC=CCC=CCCC(=O)OC(COC(=O)CCCCCCCCCCCCCCC)COP(=O)(O)OCC(N)C(C)=O. The molecule has 320 valence electrons. The van der Waals surface area contributed by atoms with Crippen LogP contribution in [0, 0.1) is 0 Å². The van der Waals surface area contributed by atoms with Gasteiger partial charge in [-0.1, -0.05) is 164 Å². The van der Waals surface area contributed by atoms with E-state index in [-0.39, 0.29) is 19.4 Å². The Balaban J connectivity index is 4.53. The van der Waals surface area contributed by atoms with Gasteiger partial charge in [0.1, 0.15) is 12.4 Å². The van der Waals surface area contributed by atoms with E-state index in [0.29, 0.717) is 12.8 Å². The van der Waals surface area contributed by atoms with Gasteiger partial charge in [0, 0.05) is 12.8 Å². The summed E-state index contributed by atoms with van der Waals surface area (Å²) in [5, 5.41) is 0. The third-order valence-corrected chi connectivity index (χ3v) is 9.64. The molecule has 0 saturated carbocycles. The smallest absolute Gasteiger partial charge is 0.462 e. The van der Waals surface area contributed by atoms with Crippen molar-refractivity contribution in [1.82, 2.24) is 0 Å². The second kappa shape index (κ2) is 39.0. The first-order chi connectivity index (χ1) is 27.1. The minimum absolute atomic E-state index is 0.0618. The Morgan fingerprint density at radius 3 is 1.46 bits per heavy atom. The fourth-order valence-electron chi connectivity index (χ4n) is 5.25. The van der Waals surface area contributed by atoms with Crippen LogP contribution in [-0.4, -0.2) is 54.6 Å². The van der Waals surface area contributed by atoms with Crippen LogP contribution >= 0.6 is 7.82 Å². The van der Waals surface area contributed by atoms with Crippen LogP contribution in [0.3, 0.4) is 0 Å². The molecule has 3 N–H and O–H groups in total. The van der Waals surface area contributed by atoms with Gasteiger partial charge in [0.2, 0.25) is 0 Å². The maximum absolute atomic E-state index is 12.6. The number of unbranched alkanes of at least 4 members (excludes halogenated alkanes) is 12. The lowest BCUT2D eigenvalue weighted by Gasteiger charge is -2.20. The van der Waals surface area contributed by atoms with Gasteiger partial charge in [0.15, 0.2) is 6.10 Å². The van der Waals surface area contributed by atoms with Gasteiger partial charge in [-0.25, -0.2) is 4.57 Å². The summed E-state index contributed by atoms with van der Waals surface area (Å²) in [7, 11) is -4.62. The second-order valence-corrected chi connectivity index (χ2v) is 15.5. The number of phosphoric ester groups is 1. The van der Waals surface area contributed by atoms with Crippen LogP contribution in [0.2, 0.25) is 0 Å². The Labute approximate surface area is 339 Å². The van der Waals surface area contributed by atoms with Crippen molar-refractivity contribution >= 4 is 25.5 Å². The molecule has 0 aromatic carbocycles. The number of hydrogen-bond donors (Lipinski definition) is 2. The number of phosphoric acid groups is 1. The van der Waals surface area contributed by atoms with Crippen LogP contribution < -0.4 is 5.73 Å².